The molecule has 0 aliphatic heterocycles. The molecule has 2 aromatic heterocycles. The van der Waals surface area contributed by atoms with Crippen molar-refractivity contribution in [2.75, 3.05) is 18.1 Å². The van der Waals surface area contributed by atoms with E-state index in [9.17, 15) is 12.8 Å². The summed E-state index contributed by atoms with van der Waals surface area (Å²) in [7, 11) is -2.28. The largest absolute Gasteiger partial charge is 0.487 e. The van der Waals surface area contributed by atoms with Gasteiger partial charge in [0.15, 0.2) is 0 Å². The minimum atomic E-state index is -3.60. The molecule has 1 N–H and O–H groups in total. The lowest BCUT2D eigenvalue weighted by Crippen LogP contribution is -2.12. The first-order chi connectivity index (χ1) is 13.2. The lowest BCUT2D eigenvalue weighted by Gasteiger charge is -2.11. The van der Waals surface area contributed by atoms with Crippen molar-refractivity contribution >= 4 is 15.7 Å². The number of rotatable bonds is 7. The van der Waals surface area contributed by atoms with Crippen molar-refractivity contribution in [3.63, 3.8) is 0 Å². The van der Waals surface area contributed by atoms with Crippen LogP contribution in [0, 0.1) is 12.7 Å². The number of aromatic nitrogens is 3. The molecule has 1 aromatic carbocycles. The van der Waals surface area contributed by atoms with Gasteiger partial charge in [-0.1, -0.05) is 5.16 Å². The standard InChI is InChI=1S/C17H17FN4O5S/c1-10-6-11(21-27-10)9-26-12-4-5-14(18)13(7-12)15-8-16(22-28(3,23)24)17(25-2)20-19-15/h4-8H,9H2,1-3H3,(H,19,22). The van der Waals surface area contributed by atoms with Gasteiger partial charge in [0.25, 0.3) is 5.88 Å². The zero-order valence-corrected chi connectivity index (χ0v) is 16.1. The van der Waals surface area contributed by atoms with Gasteiger partial charge in [-0.05, 0) is 31.2 Å². The minimum absolute atomic E-state index is 0.0385. The molecule has 0 saturated carbocycles. The third kappa shape index (κ3) is 4.74. The van der Waals surface area contributed by atoms with E-state index in [1.807, 2.05) is 0 Å². The first-order valence-corrected chi connectivity index (χ1v) is 9.89. The monoisotopic (exact) mass is 408 g/mol. The van der Waals surface area contributed by atoms with Crippen molar-refractivity contribution in [1.29, 1.82) is 0 Å². The summed E-state index contributed by atoms with van der Waals surface area (Å²) < 4.78 is 55.3. The molecule has 0 fully saturated rings. The van der Waals surface area contributed by atoms with Crippen LogP contribution in [0.5, 0.6) is 11.6 Å². The van der Waals surface area contributed by atoms with Crippen LogP contribution in [0.4, 0.5) is 10.1 Å². The fourth-order valence-corrected chi connectivity index (χ4v) is 2.92. The molecule has 0 amide bonds. The van der Waals surface area contributed by atoms with E-state index < -0.39 is 15.8 Å². The van der Waals surface area contributed by atoms with Gasteiger partial charge in [0.1, 0.15) is 35.3 Å². The summed E-state index contributed by atoms with van der Waals surface area (Å²) in [6.07, 6.45) is 0.979. The van der Waals surface area contributed by atoms with E-state index in [0.717, 1.165) is 6.26 Å². The van der Waals surface area contributed by atoms with Gasteiger partial charge >= 0.3 is 0 Å². The summed E-state index contributed by atoms with van der Waals surface area (Å²) in [5.74, 6) is 0.405. The Morgan fingerprint density at radius 2 is 2.00 bits per heavy atom. The quantitative estimate of drug-likeness (QED) is 0.634. The molecule has 0 unspecified atom stereocenters. The second kappa shape index (κ2) is 7.80. The maximum absolute atomic E-state index is 14.4. The van der Waals surface area contributed by atoms with Crippen LogP contribution in [0.1, 0.15) is 11.5 Å². The van der Waals surface area contributed by atoms with Gasteiger partial charge in [0.05, 0.1) is 19.1 Å². The second-order valence-corrected chi connectivity index (χ2v) is 7.63. The Morgan fingerprint density at radius 3 is 2.64 bits per heavy atom. The Hall–Kier alpha value is -3.21. The highest BCUT2D eigenvalue weighted by atomic mass is 32.2. The second-order valence-electron chi connectivity index (χ2n) is 5.89. The van der Waals surface area contributed by atoms with E-state index in [0.29, 0.717) is 17.2 Å². The minimum Gasteiger partial charge on any atom is -0.487 e. The van der Waals surface area contributed by atoms with Gasteiger partial charge < -0.3 is 14.0 Å². The Morgan fingerprint density at radius 1 is 1.21 bits per heavy atom. The number of anilines is 1. The summed E-state index contributed by atoms with van der Waals surface area (Å²) in [5, 5.41) is 11.5. The van der Waals surface area contributed by atoms with Crippen molar-refractivity contribution in [1.82, 2.24) is 15.4 Å². The van der Waals surface area contributed by atoms with Crippen LogP contribution >= 0.6 is 0 Å². The van der Waals surface area contributed by atoms with Gasteiger partial charge in [-0.3, -0.25) is 4.72 Å². The highest BCUT2D eigenvalue weighted by Crippen LogP contribution is 2.30. The average Bonchev–Trinajstić information content (AvgIpc) is 3.05. The molecule has 0 atom stereocenters. The zero-order valence-electron chi connectivity index (χ0n) is 15.3. The smallest absolute Gasteiger partial charge is 0.257 e. The topological polar surface area (TPSA) is 116 Å². The first kappa shape index (κ1) is 19.5. The summed E-state index contributed by atoms with van der Waals surface area (Å²) >= 11 is 0. The molecule has 0 aliphatic rings. The maximum Gasteiger partial charge on any atom is 0.257 e. The Labute approximate surface area is 160 Å². The molecule has 0 saturated heterocycles. The van der Waals surface area contributed by atoms with E-state index in [1.54, 1.807) is 13.0 Å². The number of hydrogen-bond donors (Lipinski definition) is 1. The summed E-state index contributed by atoms with van der Waals surface area (Å²) in [6, 6.07) is 7.16. The van der Waals surface area contributed by atoms with Crippen LogP contribution in [0.15, 0.2) is 34.9 Å². The predicted molar refractivity (Wildman–Crippen MR) is 98.0 cm³/mol. The zero-order chi connectivity index (χ0) is 20.3. The molecule has 3 aromatic rings. The van der Waals surface area contributed by atoms with Crippen LogP contribution in [0.3, 0.4) is 0 Å². The van der Waals surface area contributed by atoms with Crippen LogP contribution in [-0.2, 0) is 16.6 Å². The highest BCUT2D eigenvalue weighted by Gasteiger charge is 2.16. The fraction of sp³-hybridized carbons (Fsp3) is 0.235. The van der Waals surface area contributed by atoms with Gasteiger partial charge in [0, 0.05) is 11.6 Å². The molecule has 0 spiro atoms. The molecule has 28 heavy (non-hydrogen) atoms. The molecule has 3 rings (SSSR count). The van der Waals surface area contributed by atoms with E-state index in [-0.39, 0.29) is 29.4 Å². The van der Waals surface area contributed by atoms with Crippen molar-refractivity contribution < 1.29 is 26.8 Å². The van der Waals surface area contributed by atoms with Gasteiger partial charge in [-0.15, -0.1) is 10.2 Å². The SMILES string of the molecule is COc1nnc(-c2cc(OCc3cc(C)on3)ccc2F)cc1NS(C)(=O)=O. The fourth-order valence-electron chi connectivity index (χ4n) is 2.37. The molecule has 2 heterocycles. The van der Waals surface area contributed by atoms with Crippen molar-refractivity contribution in [3.8, 4) is 22.9 Å². The third-order valence-electron chi connectivity index (χ3n) is 3.53. The number of nitrogens with zero attached hydrogens (tertiary/aromatic N) is 3. The molecule has 0 bridgehead atoms. The van der Waals surface area contributed by atoms with Gasteiger partial charge in [-0.2, -0.15) is 0 Å². The number of sulfonamides is 1. The van der Waals surface area contributed by atoms with Crippen LogP contribution in [-0.4, -0.2) is 37.1 Å². The molecule has 11 heteroatoms. The number of aryl methyl sites for hydroxylation is 1. The molecular formula is C17H17FN4O5S. The number of methoxy groups -OCH3 is 1. The van der Waals surface area contributed by atoms with Crippen molar-refractivity contribution in [2.45, 2.75) is 13.5 Å². The maximum atomic E-state index is 14.4. The number of ether oxygens (including phenoxy) is 2. The number of nitrogens with one attached hydrogen (secondary N) is 1. The van der Waals surface area contributed by atoms with Gasteiger partial charge in [-0.25, -0.2) is 12.8 Å². The predicted octanol–water partition coefficient (Wildman–Crippen LogP) is 2.54. The van der Waals surface area contributed by atoms with E-state index in [1.165, 1.54) is 31.4 Å². The van der Waals surface area contributed by atoms with E-state index >= 15 is 0 Å². The van der Waals surface area contributed by atoms with Gasteiger partial charge in [0.2, 0.25) is 10.0 Å². The Balaban J connectivity index is 1.90. The van der Waals surface area contributed by atoms with Crippen LogP contribution < -0.4 is 14.2 Å². The summed E-state index contributed by atoms with van der Waals surface area (Å²) in [6.45, 7) is 1.90. The lowest BCUT2D eigenvalue weighted by molar-refractivity contribution is 0.287. The molecule has 0 radical (unpaired) electrons. The summed E-state index contributed by atoms with van der Waals surface area (Å²) in [4.78, 5) is 0. The summed E-state index contributed by atoms with van der Waals surface area (Å²) in [5.41, 5.74) is 0.818. The van der Waals surface area contributed by atoms with Crippen LogP contribution in [0.25, 0.3) is 11.3 Å². The van der Waals surface area contributed by atoms with E-state index in [4.69, 9.17) is 14.0 Å². The molecular weight excluding hydrogens is 391 g/mol. The van der Waals surface area contributed by atoms with Crippen LogP contribution in [0.2, 0.25) is 0 Å². The van der Waals surface area contributed by atoms with E-state index in [2.05, 4.69) is 20.1 Å². The lowest BCUT2D eigenvalue weighted by atomic mass is 10.1. The normalized spacial score (nSPS) is 11.3. The number of hydrogen-bond acceptors (Lipinski definition) is 8. The molecule has 0 aliphatic carbocycles. The average molecular weight is 408 g/mol. The third-order valence-corrected chi connectivity index (χ3v) is 4.12. The molecule has 148 valence electrons. The Kier molecular flexibility index (Phi) is 5.45. The van der Waals surface area contributed by atoms with Crippen molar-refractivity contribution in [2.24, 2.45) is 0 Å². The first-order valence-electron chi connectivity index (χ1n) is 7.99. The van der Waals surface area contributed by atoms with Crippen molar-refractivity contribution in [3.05, 3.63) is 47.6 Å². The molecule has 9 nitrogen and oxygen atoms in total. The highest BCUT2D eigenvalue weighted by molar-refractivity contribution is 7.92. The number of benzene rings is 1. The Bertz CT molecular complexity index is 1100. The number of halogens is 1.